The molecule has 152 valence electrons. The molecule has 1 fully saturated rings. The summed E-state index contributed by atoms with van der Waals surface area (Å²) in [6.45, 7) is 1.52. The lowest BCUT2D eigenvalue weighted by Crippen LogP contribution is -2.21. The third-order valence-electron chi connectivity index (χ3n) is 3.89. The van der Waals surface area contributed by atoms with E-state index in [-0.39, 0.29) is 29.8 Å². The molecule has 1 aliphatic rings. The highest BCUT2D eigenvalue weighted by Gasteiger charge is 2.42. The number of ether oxygens (including phenoxy) is 1. The van der Waals surface area contributed by atoms with Gasteiger partial charge in [0, 0.05) is 11.3 Å². The first kappa shape index (κ1) is 20.6. The number of carbonyl (C=O) groups is 2. The van der Waals surface area contributed by atoms with Gasteiger partial charge in [0.15, 0.2) is 10.8 Å². The molecule has 28 heavy (non-hydrogen) atoms. The number of carbonyl (C=O) groups excluding carboxylic acids is 2. The average molecular weight is 437 g/mol. The number of hydrogen-bond donors (Lipinski definition) is 1. The number of esters is 1. The van der Waals surface area contributed by atoms with Crippen molar-refractivity contribution in [3.8, 4) is 0 Å². The van der Waals surface area contributed by atoms with E-state index in [4.69, 9.17) is 16.3 Å². The van der Waals surface area contributed by atoms with Gasteiger partial charge in [-0.25, -0.2) is 4.98 Å². The summed E-state index contributed by atoms with van der Waals surface area (Å²) < 4.78 is 45.0. The van der Waals surface area contributed by atoms with Crippen LogP contribution in [0.25, 0.3) is 0 Å². The summed E-state index contributed by atoms with van der Waals surface area (Å²) in [6.07, 6.45) is -3.32. The SMILES string of the molecule is CCOC(=O)Cc1csc(NC(=O)Cn2nc(C(F)(F)F)c(Cl)c2C2CC2)n1. The maximum absolute atomic E-state index is 13.1. The van der Waals surface area contributed by atoms with E-state index in [1.54, 1.807) is 12.3 Å². The van der Waals surface area contributed by atoms with Gasteiger partial charge in [-0.3, -0.25) is 14.3 Å². The number of aromatic nitrogens is 3. The Kier molecular flexibility index (Phi) is 5.94. The molecule has 2 aromatic rings. The van der Waals surface area contributed by atoms with Gasteiger partial charge in [-0.1, -0.05) is 11.6 Å². The highest BCUT2D eigenvalue weighted by molar-refractivity contribution is 7.13. The van der Waals surface area contributed by atoms with Crippen LogP contribution in [0.3, 0.4) is 0 Å². The number of nitrogens with one attached hydrogen (secondary N) is 1. The van der Waals surface area contributed by atoms with E-state index >= 15 is 0 Å². The van der Waals surface area contributed by atoms with E-state index in [9.17, 15) is 22.8 Å². The quantitative estimate of drug-likeness (QED) is 0.670. The van der Waals surface area contributed by atoms with Crippen molar-refractivity contribution in [3.63, 3.8) is 0 Å². The fourth-order valence-electron chi connectivity index (χ4n) is 2.60. The highest BCUT2D eigenvalue weighted by atomic mass is 35.5. The summed E-state index contributed by atoms with van der Waals surface area (Å²) in [4.78, 5) is 27.8. The standard InChI is InChI=1S/C16H16ClF3N4O3S/c1-2-27-11(26)5-9-7-28-15(21-9)22-10(25)6-24-13(8-3-4-8)12(17)14(23-24)16(18,19)20/h7-8H,2-6H2,1H3,(H,21,22,25). The molecular formula is C16H16ClF3N4O3S. The van der Waals surface area contributed by atoms with Crippen LogP contribution in [0.2, 0.25) is 5.02 Å². The van der Waals surface area contributed by atoms with E-state index in [0.29, 0.717) is 18.5 Å². The fourth-order valence-corrected chi connectivity index (χ4v) is 3.73. The molecule has 1 aliphatic carbocycles. The molecule has 0 aromatic carbocycles. The number of halogens is 4. The molecule has 12 heteroatoms. The second kappa shape index (κ2) is 8.08. The van der Waals surface area contributed by atoms with Crippen LogP contribution >= 0.6 is 22.9 Å². The monoisotopic (exact) mass is 436 g/mol. The minimum atomic E-state index is -4.69. The van der Waals surface area contributed by atoms with Crippen molar-refractivity contribution in [1.82, 2.24) is 14.8 Å². The van der Waals surface area contributed by atoms with Crippen LogP contribution in [0.15, 0.2) is 5.38 Å². The van der Waals surface area contributed by atoms with Crippen molar-refractivity contribution in [2.75, 3.05) is 11.9 Å². The third-order valence-corrected chi connectivity index (χ3v) is 5.07. The van der Waals surface area contributed by atoms with E-state index < -0.39 is 35.3 Å². The Labute approximate surface area is 166 Å². The molecule has 0 atom stereocenters. The number of amides is 1. The Balaban J connectivity index is 1.69. The Morgan fingerprint density at radius 1 is 1.43 bits per heavy atom. The van der Waals surface area contributed by atoms with Crippen LogP contribution < -0.4 is 5.32 Å². The lowest BCUT2D eigenvalue weighted by molar-refractivity contribution is -0.142. The van der Waals surface area contributed by atoms with Crippen molar-refractivity contribution in [2.45, 2.75) is 44.8 Å². The maximum atomic E-state index is 13.1. The zero-order valence-electron chi connectivity index (χ0n) is 14.7. The molecule has 1 saturated carbocycles. The van der Waals surface area contributed by atoms with Crippen LogP contribution in [-0.2, 0) is 33.5 Å². The van der Waals surface area contributed by atoms with Gasteiger partial charge in [0.25, 0.3) is 0 Å². The minimum Gasteiger partial charge on any atom is -0.466 e. The number of anilines is 1. The van der Waals surface area contributed by atoms with Crippen LogP contribution in [0, 0.1) is 0 Å². The van der Waals surface area contributed by atoms with Gasteiger partial charge in [-0.15, -0.1) is 11.3 Å². The van der Waals surface area contributed by atoms with Gasteiger partial charge < -0.3 is 10.1 Å². The van der Waals surface area contributed by atoms with Crippen molar-refractivity contribution in [2.24, 2.45) is 0 Å². The topological polar surface area (TPSA) is 86.1 Å². The zero-order valence-corrected chi connectivity index (χ0v) is 16.2. The smallest absolute Gasteiger partial charge is 0.436 e. The first-order chi connectivity index (χ1) is 13.2. The Hall–Kier alpha value is -2.14. The normalized spacial score (nSPS) is 14.2. The zero-order chi connectivity index (χ0) is 20.5. The molecule has 0 aliphatic heterocycles. The molecule has 2 aromatic heterocycles. The van der Waals surface area contributed by atoms with Gasteiger partial charge in [0.2, 0.25) is 5.91 Å². The molecule has 1 N–H and O–H groups in total. The first-order valence-electron chi connectivity index (χ1n) is 8.42. The molecule has 0 bridgehead atoms. The van der Waals surface area contributed by atoms with Gasteiger partial charge >= 0.3 is 12.1 Å². The van der Waals surface area contributed by atoms with Gasteiger partial charge in [-0.2, -0.15) is 18.3 Å². The van der Waals surface area contributed by atoms with Crippen molar-refractivity contribution in [3.05, 3.63) is 27.5 Å². The summed E-state index contributed by atoms with van der Waals surface area (Å²) in [7, 11) is 0. The van der Waals surface area contributed by atoms with Crippen LogP contribution in [-0.4, -0.2) is 33.2 Å². The van der Waals surface area contributed by atoms with Crippen LogP contribution in [0.5, 0.6) is 0 Å². The van der Waals surface area contributed by atoms with Gasteiger partial charge in [-0.05, 0) is 19.8 Å². The van der Waals surface area contributed by atoms with Crippen molar-refractivity contribution < 1.29 is 27.5 Å². The lowest BCUT2D eigenvalue weighted by atomic mass is 10.2. The van der Waals surface area contributed by atoms with E-state index in [0.717, 1.165) is 16.0 Å². The summed E-state index contributed by atoms with van der Waals surface area (Å²) in [6, 6.07) is 0. The maximum Gasteiger partial charge on any atom is 0.436 e. The molecule has 7 nitrogen and oxygen atoms in total. The number of hydrogen-bond acceptors (Lipinski definition) is 6. The Morgan fingerprint density at radius 2 is 2.14 bits per heavy atom. The highest BCUT2D eigenvalue weighted by Crippen LogP contribution is 2.46. The van der Waals surface area contributed by atoms with Gasteiger partial charge in [0.05, 0.1) is 29.4 Å². The predicted molar refractivity (Wildman–Crippen MR) is 95.3 cm³/mol. The molecule has 3 rings (SSSR count). The largest absolute Gasteiger partial charge is 0.466 e. The second-order valence-corrected chi connectivity index (χ2v) is 7.39. The molecule has 0 saturated heterocycles. The minimum absolute atomic E-state index is 0.0320. The summed E-state index contributed by atoms with van der Waals surface area (Å²) in [5.41, 5.74) is -0.528. The lowest BCUT2D eigenvalue weighted by Gasteiger charge is -2.06. The second-order valence-electron chi connectivity index (χ2n) is 6.15. The number of thiazole rings is 1. The van der Waals surface area contributed by atoms with E-state index in [1.807, 2.05) is 0 Å². The number of alkyl halides is 3. The molecule has 2 heterocycles. The van der Waals surface area contributed by atoms with Gasteiger partial charge in [0.1, 0.15) is 6.54 Å². The number of nitrogens with zero attached hydrogens (tertiary/aromatic N) is 3. The molecule has 0 spiro atoms. The Morgan fingerprint density at radius 3 is 2.75 bits per heavy atom. The molecule has 1 amide bonds. The van der Waals surface area contributed by atoms with E-state index in [2.05, 4.69) is 15.4 Å². The fraction of sp³-hybridized carbons (Fsp3) is 0.500. The van der Waals surface area contributed by atoms with E-state index in [1.165, 1.54) is 0 Å². The van der Waals surface area contributed by atoms with Crippen LogP contribution in [0.4, 0.5) is 18.3 Å². The van der Waals surface area contributed by atoms with Crippen molar-refractivity contribution >= 4 is 39.9 Å². The molecule has 0 unspecified atom stereocenters. The first-order valence-corrected chi connectivity index (χ1v) is 9.68. The number of rotatable bonds is 7. The van der Waals surface area contributed by atoms with Crippen molar-refractivity contribution in [1.29, 1.82) is 0 Å². The summed E-state index contributed by atoms with van der Waals surface area (Å²) in [5, 5.41) is 7.38. The average Bonchev–Trinajstić information content (AvgIpc) is 3.23. The summed E-state index contributed by atoms with van der Waals surface area (Å²) in [5.74, 6) is -1.16. The Bertz CT molecular complexity index is 892. The molecule has 0 radical (unpaired) electrons. The molecular weight excluding hydrogens is 421 g/mol. The van der Waals surface area contributed by atoms with Crippen LogP contribution in [0.1, 0.15) is 42.8 Å². The third kappa shape index (κ3) is 4.82. The summed E-state index contributed by atoms with van der Waals surface area (Å²) >= 11 is 6.98. The predicted octanol–water partition coefficient (Wildman–Crippen LogP) is 3.63.